The Hall–Kier alpha value is -2.14. The first-order valence-corrected chi connectivity index (χ1v) is 13.0. The van der Waals surface area contributed by atoms with Crippen molar-refractivity contribution < 1.29 is 19.1 Å². The fourth-order valence-corrected chi connectivity index (χ4v) is 4.14. The first kappa shape index (κ1) is 27.1. The molecule has 2 aromatic carbocycles. The van der Waals surface area contributed by atoms with Crippen LogP contribution >= 0.6 is 15.9 Å². The van der Waals surface area contributed by atoms with Gasteiger partial charge in [-0.25, -0.2) is 9.59 Å². The standard InChI is InChI=1S/C28H37BrO4/c1-3-4-5-6-7-8-9-10-11-14-20-32-27(30)25-18-12-13-19-26(25)28(31)33-22(2)23-16-15-17-24(29)21-23/h12-13,15-19,21-22H,3-11,14,20H2,1-2H3. The van der Waals surface area contributed by atoms with Crippen LogP contribution in [0, 0.1) is 0 Å². The number of benzene rings is 2. The zero-order chi connectivity index (χ0) is 23.9. The van der Waals surface area contributed by atoms with Gasteiger partial charge in [0.1, 0.15) is 6.10 Å². The maximum Gasteiger partial charge on any atom is 0.339 e. The maximum atomic E-state index is 12.8. The van der Waals surface area contributed by atoms with Crippen molar-refractivity contribution in [3.05, 3.63) is 69.7 Å². The number of esters is 2. The number of carbonyl (C=O) groups excluding carboxylic acids is 2. The summed E-state index contributed by atoms with van der Waals surface area (Å²) in [6.07, 6.45) is 11.8. The molecule has 0 aliphatic rings. The largest absolute Gasteiger partial charge is 0.462 e. The van der Waals surface area contributed by atoms with Gasteiger partial charge in [-0.05, 0) is 43.2 Å². The van der Waals surface area contributed by atoms with Gasteiger partial charge >= 0.3 is 11.9 Å². The molecule has 0 saturated carbocycles. The molecular weight excluding hydrogens is 480 g/mol. The Morgan fingerprint density at radius 1 is 0.788 bits per heavy atom. The second kappa shape index (κ2) is 15.7. The van der Waals surface area contributed by atoms with E-state index >= 15 is 0 Å². The number of unbranched alkanes of at least 4 members (excludes halogenated alkanes) is 9. The normalized spacial score (nSPS) is 11.7. The quantitative estimate of drug-likeness (QED) is 0.176. The SMILES string of the molecule is CCCCCCCCCCCCOC(=O)c1ccccc1C(=O)OC(C)c1cccc(Br)c1. The highest BCUT2D eigenvalue weighted by Gasteiger charge is 2.21. The monoisotopic (exact) mass is 516 g/mol. The second-order valence-electron chi connectivity index (χ2n) is 8.47. The van der Waals surface area contributed by atoms with E-state index in [2.05, 4.69) is 22.9 Å². The summed E-state index contributed by atoms with van der Waals surface area (Å²) in [4.78, 5) is 25.4. The molecule has 2 rings (SSSR count). The molecule has 2 aromatic rings. The lowest BCUT2D eigenvalue weighted by Gasteiger charge is -2.15. The minimum atomic E-state index is -0.533. The van der Waals surface area contributed by atoms with Gasteiger partial charge in [0.2, 0.25) is 0 Å². The number of carbonyl (C=O) groups is 2. The molecule has 1 atom stereocenters. The third-order valence-electron chi connectivity index (χ3n) is 5.70. The van der Waals surface area contributed by atoms with Crippen LogP contribution in [0.3, 0.4) is 0 Å². The lowest BCUT2D eigenvalue weighted by molar-refractivity contribution is 0.0324. The van der Waals surface area contributed by atoms with Crippen molar-refractivity contribution in [3.63, 3.8) is 0 Å². The van der Waals surface area contributed by atoms with Gasteiger partial charge in [-0.15, -0.1) is 0 Å². The number of rotatable bonds is 15. The summed E-state index contributed by atoms with van der Waals surface area (Å²) in [7, 11) is 0. The van der Waals surface area contributed by atoms with E-state index in [0.29, 0.717) is 6.61 Å². The van der Waals surface area contributed by atoms with E-state index in [0.717, 1.165) is 22.9 Å². The molecule has 0 heterocycles. The highest BCUT2D eigenvalue weighted by Crippen LogP contribution is 2.23. The van der Waals surface area contributed by atoms with Crippen molar-refractivity contribution >= 4 is 27.9 Å². The highest BCUT2D eigenvalue weighted by molar-refractivity contribution is 9.10. The fourth-order valence-electron chi connectivity index (χ4n) is 3.72. The molecule has 0 spiro atoms. The Morgan fingerprint density at radius 2 is 1.36 bits per heavy atom. The maximum absolute atomic E-state index is 12.8. The Kier molecular flexibility index (Phi) is 12.9. The molecule has 5 heteroatoms. The van der Waals surface area contributed by atoms with Crippen molar-refractivity contribution in [1.29, 1.82) is 0 Å². The van der Waals surface area contributed by atoms with Crippen LogP contribution in [0.2, 0.25) is 0 Å². The zero-order valence-electron chi connectivity index (χ0n) is 20.0. The number of hydrogen-bond acceptors (Lipinski definition) is 4. The Labute approximate surface area is 207 Å². The number of ether oxygens (including phenoxy) is 2. The summed E-state index contributed by atoms with van der Waals surface area (Å²) in [5.74, 6) is -1.01. The molecule has 33 heavy (non-hydrogen) atoms. The van der Waals surface area contributed by atoms with E-state index in [1.54, 1.807) is 24.3 Å². The summed E-state index contributed by atoms with van der Waals surface area (Å²) < 4.78 is 12.0. The van der Waals surface area contributed by atoms with Crippen LogP contribution in [0.4, 0.5) is 0 Å². The summed E-state index contributed by atoms with van der Waals surface area (Å²) in [5, 5.41) is 0. The molecule has 0 aliphatic heterocycles. The van der Waals surface area contributed by atoms with Crippen molar-refractivity contribution in [1.82, 2.24) is 0 Å². The van der Waals surface area contributed by atoms with Crippen LogP contribution in [-0.2, 0) is 9.47 Å². The topological polar surface area (TPSA) is 52.6 Å². The average Bonchev–Trinajstić information content (AvgIpc) is 2.82. The van der Waals surface area contributed by atoms with E-state index < -0.39 is 18.0 Å². The van der Waals surface area contributed by atoms with Crippen molar-refractivity contribution in [2.24, 2.45) is 0 Å². The minimum absolute atomic E-state index is 0.229. The lowest BCUT2D eigenvalue weighted by atomic mass is 10.1. The molecule has 180 valence electrons. The Balaban J connectivity index is 1.75. The molecule has 0 bridgehead atoms. The van der Waals surface area contributed by atoms with Gasteiger partial charge in [0.15, 0.2) is 0 Å². The van der Waals surface area contributed by atoms with Gasteiger partial charge < -0.3 is 9.47 Å². The van der Waals surface area contributed by atoms with E-state index in [4.69, 9.17) is 9.47 Å². The molecular formula is C28H37BrO4. The van der Waals surface area contributed by atoms with Gasteiger partial charge in [-0.2, -0.15) is 0 Å². The molecule has 4 nitrogen and oxygen atoms in total. The zero-order valence-corrected chi connectivity index (χ0v) is 21.6. The molecule has 0 saturated heterocycles. The first-order valence-electron chi connectivity index (χ1n) is 12.3. The van der Waals surface area contributed by atoms with Crippen LogP contribution in [0.15, 0.2) is 53.0 Å². The summed E-state index contributed by atoms with van der Waals surface area (Å²) in [6.45, 7) is 4.42. The van der Waals surface area contributed by atoms with Crippen LogP contribution in [0.1, 0.15) is 110 Å². The Morgan fingerprint density at radius 3 is 1.97 bits per heavy atom. The number of halogens is 1. The van der Waals surface area contributed by atoms with Gasteiger partial charge in [-0.1, -0.05) is 105 Å². The van der Waals surface area contributed by atoms with Crippen LogP contribution in [0.25, 0.3) is 0 Å². The molecule has 1 unspecified atom stereocenters. The molecule has 0 N–H and O–H groups in total. The average molecular weight is 518 g/mol. The molecule has 0 aromatic heterocycles. The second-order valence-corrected chi connectivity index (χ2v) is 9.38. The summed E-state index contributed by atoms with van der Waals surface area (Å²) in [6, 6.07) is 14.3. The van der Waals surface area contributed by atoms with E-state index in [1.807, 2.05) is 31.2 Å². The van der Waals surface area contributed by atoms with Crippen molar-refractivity contribution in [2.45, 2.75) is 84.2 Å². The predicted molar refractivity (Wildman–Crippen MR) is 137 cm³/mol. The number of hydrogen-bond donors (Lipinski definition) is 0. The lowest BCUT2D eigenvalue weighted by Crippen LogP contribution is -2.16. The third-order valence-corrected chi connectivity index (χ3v) is 6.19. The minimum Gasteiger partial charge on any atom is -0.462 e. The van der Waals surface area contributed by atoms with Gasteiger partial charge in [0.05, 0.1) is 17.7 Å². The summed E-state index contributed by atoms with van der Waals surface area (Å²) >= 11 is 3.43. The smallest absolute Gasteiger partial charge is 0.339 e. The van der Waals surface area contributed by atoms with E-state index in [9.17, 15) is 9.59 Å². The first-order chi connectivity index (χ1) is 16.0. The predicted octanol–water partition coefficient (Wildman–Crippen LogP) is 8.44. The summed E-state index contributed by atoms with van der Waals surface area (Å²) in [5.41, 5.74) is 1.35. The third kappa shape index (κ3) is 10.1. The molecule has 0 fully saturated rings. The van der Waals surface area contributed by atoms with Gasteiger partial charge in [0, 0.05) is 4.47 Å². The van der Waals surface area contributed by atoms with Crippen molar-refractivity contribution in [3.8, 4) is 0 Å². The molecule has 0 aliphatic carbocycles. The van der Waals surface area contributed by atoms with Crippen molar-refractivity contribution in [2.75, 3.05) is 6.61 Å². The molecule has 0 radical (unpaired) electrons. The van der Waals surface area contributed by atoms with Gasteiger partial charge in [0.25, 0.3) is 0 Å². The van der Waals surface area contributed by atoms with E-state index in [-0.39, 0.29) is 11.1 Å². The van der Waals surface area contributed by atoms with Crippen LogP contribution in [0.5, 0.6) is 0 Å². The van der Waals surface area contributed by atoms with Crippen LogP contribution in [-0.4, -0.2) is 18.5 Å². The highest BCUT2D eigenvalue weighted by atomic mass is 79.9. The van der Waals surface area contributed by atoms with E-state index in [1.165, 1.54) is 51.4 Å². The Bertz CT molecular complexity index is 864. The molecule has 0 amide bonds. The fraction of sp³-hybridized carbons (Fsp3) is 0.500. The van der Waals surface area contributed by atoms with Crippen LogP contribution < -0.4 is 0 Å². The van der Waals surface area contributed by atoms with Gasteiger partial charge in [-0.3, -0.25) is 0 Å².